The van der Waals surface area contributed by atoms with Gasteiger partial charge in [0.2, 0.25) is 0 Å². The minimum absolute atomic E-state index is 0.255. The Hall–Kier alpha value is -1.47. The summed E-state index contributed by atoms with van der Waals surface area (Å²) in [4.78, 5) is 0. The number of hydrogen-bond donors (Lipinski definition) is 1. The fraction of sp³-hybridized carbons (Fsp3) is 0.231. The van der Waals surface area contributed by atoms with Crippen molar-refractivity contribution in [3.05, 3.63) is 52.4 Å². The summed E-state index contributed by atoms with van der Waals surface area (Å²) < 4.78 is 46.3. The Morgan fingerprint density at radius 3 is 2.60 bits per heavy atom. The highest BCUT2D eigenvalue weighted by atomic mass is 79.9. The Bertz CT molecular complexity index is 583. The molecule has 1 N–H and O–H groups in total. The maximum atomic E-state index is 12.2. The Balaban J connectivity index is 2.32. The zero-order valence-electron chi connectivity index (χ0n) is 10.4. The van der Waals surface area contributed by atoms with Crippen molar-refractivity contribution < 1.29 is 22.3 Å². The van der Waals surface area contributed by atoms with Crippen LogP contribution in [0.1, 0.15) is 17.2 Å². The van der Waals surface area contributed by atoms with Gasteiger partial charge in [0.05, 0.1) is 12.3 Å². The molecule has 0 saturated heterocycles. The van der Waals surface area contributed by atoms with E-state index >= 15 is 0 Å². The maximum Gasteiger partial charge on any atom is 0.573 e. The first kappa shape index (κ1) is 14.9. The van der Waals surface area contributed by atoms with E-state index in [2.05, 4.69) is 26.0 Å². The first-order valence-corrected chi connectivity index (χ1v) is 6.46. The van der Waals surface area contributed by atoms with E-state index in [-0.39, 0.29) is 11.8 Å². The summed E-state index contributed by atoms with van der Waals surface area (Å²) in [6.07, 6.45) is -3.20. The summed E-state index contributed by atoms with van der Waals surface area (Å²) in [6, 6.07) is 7.25. The van der Waals surface area contributed by atoms with Crippen molar-refractivity contribution >= 4 is 15.9 Å². The number of halogens is 4. The van der Waals surface area contributed by atoms with Crippen molar-refractivity contribution in [3.63, 3.8) is 0 Å². The van der Waals surface area contributed by atoms with Crippen LogP contribution < -0.4 is 10.1 Å². The number of nitrogens with one attached hydrogen (secondary N) is 1. The molecular weight excluding hydrogens is 339 g/mol. The quantitative estimate of drug-likeness (QED) is 0.895. The van der Waals surface area contributed by atoms with Gasteiger partial charge >= 0.3 is 6.36 Å². The van der Waals surface area contributed by atoms with Gasteiger partial charge in [0.25, 0.3) is 0 Å². The molecule has 0 radical (unpaired) electrons. The van der Waals surface area contributed by atoms with E-state index < -0.39 is 6.36 Å². The number of benzene rings is 1. The Morgan fingerprint density at radius 1 is 1.30 bits per heavy atom. The van der Waals surface area contributed by atoms with Crippen LogP contribution in [0.4, 0.5) is 13.2 Å². The summed E-state index contributed by atoms with van der Waals surface area (Å²) in [5, 5.41) is 3.02. The summed E-state index contributed by atoms with van der Waals surface area (Å²) in [6.45, 7) is 0. The smallest absolute Gasteiger partial charge is 0.457 e. The molecule has 3 nitrogen and oxygen atoms in total. The number of alkyl halides is 3. The van der Waals surface area contributed by atoms with Crippen LogP contribution in [0.5, 0.6) is 5.75 Å². The molecule has 108 valence electrons. The van der Waals surface area contributed by atoms with Gasteiger partial charge in [-0.1, -0.05) is 12.1 Å². The Kier molecular flexibility index (Phi) is 4.39. The van der Waals surface area contributed by atoms with Gasteiger partial charge in [0, 0.05) is 5.56 Å². The Morgan fingerprint density at radius 2 is 2.05 bits per heavy atom. The molecule has 0 aliphatic heterocycles. The lowest BCUT2D eigenvalue weighted by Gasteiger charge is -2.17. The van der Waals surface area contributed by atoms with Gasteiger partial charge in [-0.25, -0.2) is 0 Å². The first-order chi connectivity index (χ1) is 9.40. The van der Waals surface area contributed by atoms with Crippen molar-refractivity contribution in [3.8, 4) is 5.75 Å². The monoisotopic (exact) mass is 349 g/mol. The lowest BCUT2D eigenvalue weighted by Crippen LogP contribution is -2.19. The van der Waals surface area contributed by atoms with Crippen LogP contribution in [0, 0.1) is 0 Å². The third-order valence-corrected chi connectivity index (χ3v) is 3.32. The molecule has 0 aliphatic rings. The van der Waals surface area contributed by atoms with Crippen molar-refractivity contribution in [2.45, 2.75) is 12.4 Å². The minimum atomic E-state index is -4.70. The summed E-state index contributed by atoms with van der Waals surface area (Å²) in [7, 11) is 1.71. The van der Waals surface area contributed by atoms with Crippen LogP contribution in [0.3, 0.4) is 0 Å². The fourth-order valence-electron chi connectivity index (χ4n) is 1.90. The van der Waals surface area contributed by atoms with E-state index in [1.807, 2.05) is 0 Å². The second-order valence-electron chi connectivity index (χ2n) is 3.99. The first-order valence-electron chi connectivity index (χ1n) is 5.66. The predicted octanol–water partition coefficient (Wildman–Crippen LogP) is 4.25. The van der Waals surface area contributed by atoms with Gasteiger partial charge in [0.15, 0.2) is 4.67 Å². The van der Waals surface area contributed by atoms with E-state index in [0.717, 1.165) is 5.56 Å². The summed E-state index contributed by atoms with van der Waals surface area (Å²) in [5.41, 5.74) is 1.42. The van der Waals surface area contributed by atoms with Crippen LogP contribution in [0.2, 0.25) is 0 Å². The van der Waals surface area contributed by atoms with Crippen LogP contribution in [0.25, 0.3) is 0 Å². The largest absolute Gasteiger partial charge is 0.573 e. The second kappa shape index (κ2) is 5.88. The standard InChI is InChI=1S/C13H11BrF3NO2/c1-18-11(10-5-6-19-12(10)14)8-3-2-4-9(7-8)20-13(15,16)17/h2-7,11,18H,1H3. The van der Waals surface area contributed by atoms with E-state index in [4.69, 9.17) is 4.42 Å². The highest BCUT2D eigenvalue weighted by Gasteiger charge is 2.31. The summed E-state index contributed by atoms with van der Waals surface area (Å²) >= 11 is 3.25. The molecule has 0 amide bonds. The zero-order valence-corrected chi connectivity index (χ0v) is 12.0. The van der Waals surface area contributed by atoms with Crippen LogP contribution in [0.15, 0.2) is 45.7 Å². The van der Waals surface area contributed by atoms with Crippen LogP contribution in [-0.2, 0) is 0 Å². The molecular formula is C13H11BrF3NO2. The number of hydrogen-bond acceptors (Lipinski definition) is 3. The van der Waals surface area contributed by atoms with Crippen molar-refractivity contribution in [1.29, 1.82) is 0 Å². The molecule has 1 atom stereocenters. The molecule has 20 heavy (non-hydrogen) atoms. The van der Waals surface area contributed by atoms with Crippen molar-refractivity contribution in [2.24, 2.45) is 0 Å². The third kappa shape index (κ3) is 3.55. The van der Waals surface area contributed by atoms with Crippen molar-refractivity contribution in [2.75, 3.05) is 7.05 Å². The van der Waals surface area contributed by atoms with Crippen LogP contribution in [-0.4, -0.2) is 13.4 Å². The van der Waals surface area contributed by atoms with E-state index in [0.29, 0.717) is 10.2 Å². The number of furan rings is 1. The minimum Gasteiger partial charge on any atom is -0.457 e. The molecule has 0 bridgehead atoms. The van der Waals surface area contributed by atoms with Gasteiger partial charge in [-0.15, -0.1) is 13.2 Å². The van der Waals surface area contributed by atoms with E-state index in [1.165, 1.54) is 24.5 Å². The molecule has 1 aromatic heterocycles. The second-order valence-corrected chi connectivity index (χ2v) is 4.71. The zero-order chi connectivity index (χ0) is 14.8. The molecule has 2 aromatic rings. The van der Waals surface area contributed by atoms with E-state index in [1.54, 1.807) is 19.2 Å². The molecule has 1 aromatic carbocycles. The lowest BCUT2D eigenvalue weighted by atomic mass is 10.0. The van der Waals surface area contributed by atoms with Gasteiger partial charge < -0.3 is 14.5 Å². The fourth-order valence-corrected chi connectivity index (χ4v) is 2.37. The molecule has 1 unspecified atom stereocenters. The maximum absolute atomic E-state index is 12.2. The highest BCUT2D eigenvalue weighted by Crippen LogP contribution is 2.32. The van der Waals surface area contributed by atoms with Gasteiger partial charge in [-0.2, -0.15) is 0 Å². The number of rotatable bonds is 4. The average Bonchev–Trinajstić information content (AvgIpc) is 2.75. The molecule has 0 aliphatic carbocycles. The predicted molar refractivity (Wildman–Crippen MR) is 70.4 cm³/mol. The average molecular weight is 350 g/mol. The normalized spacial score (nSPS) is 13.2. The van der Waals surface area contributed by atoms with Crippen LogP contribution >= 0.6 is 15.9 Å². The van der Waals surface area contributed by atoms with Crippen molar-refractivity contribution in [1.82, 2.24) is 5.32 Å². The van der Waals surface area contributed by atoms with Gasteiger partial charge in [0.1, 0.15) is 5.75 Å². The Labute approximate surface area is 121 Å². The SMILES string of the molecule is CNC(c1cccc(OC(F)(F)F)c1)c1ccoc1Br. The lowest BCUT2D eigenvalue weighted by molar-refractivity contribution is -0.274. The molecule has 0 spiro atoms. The van der Waals surface area contributed by atoms with Gasteiger partial charge in [-0.05, 0) is 46.7 Å². The molecule has 7 heteroatoms. The topological polar surface area (TPSA) is 34.4 Å². The molecule has 0 saturated carbocycles. The van der Waals surface area contributed by atoms with E-state index in [9.17, 15) is 13.2 Å². The third-order valence-electron chi connectivity index (χ3n) is 2.67. The number of ether oxygens (including phenoxy) is 1. The molecule has 0 fully saturated rings. The highest BCUT2D eigenvalue weighted by molar-refractivity contribution is 9.10. The molecule has 1 heterocycles. The summed E-state index contributed by atoms with van der Waals surface area (Å²) in [5.74, 6) is -0.255. The molecule has 2 rings (SSSR count). The van der Waals surface area contributed by atoms with Gasteiger partial charge in [-0.3, -0.25) is 0 Å².